The van der Waals surface area contributed by atoms with Gasteiger partial charge in [0.05, 0.1) is 4.88 Å². The smallest absolute Gasteiger partial charge is 0.257 e. The highest BCUT2D eigenvalue weighted by atomic mass is 32.1. The Balaban J connectivity index is 1.51. The predicted molar refractivity (Wildman–Crippen MR) is 79.8 cm³/mol. The second-order valence-electron chi connectivity index (χ2n) is 5.13. The minimum atomic E-state index is 0.632. The highest BCUT2D eigenvalue weighted by molar-refractivity contribution is 7.22. The van der Waals surface area contributed by atoms with Crippen molar-refractivity contribution < 1.29 is 4.42 Å². The van der Waals surface area contributed by atoms with Crippen molar-refractivity contribution in [2.45, 2.75) is 25.3 Å². The molecule has 0 unspecified atom stereocenters. The van der Waals surface area contributed by atoms with Crippen LogP contribution in [0.15, 0.2) is 34.7 Å². The van der Waals surface area contributed by atoms with E-state index in [9.17, 15) is 0 Å². The van der Waals surface area contributed by atoms with Crippen LogP contribution in [-0.2, 0) is 6.42 Å². The normalized spacial score (nSPS) is 15.0. The van der Waals surface area contributed by atoms with Gasteiger partial charge in [-0.3, -0.25) is 0 Å². The summed E-state index contributed by atoms with van der Waals surface area (Å²) in [5.41, 5.74) is 0. The van der Waals surface area contributed by atoms with Crippen LogP contribution in [-0.4, -0.2) is 22.8 Å². The molecule has 0 atom stereocenters. The van der Waals surface area contributed by atoms with Gasteiger partial charge in [0, 0.05) is 23.7 Å². The first-order chi connectivity index (χ1) is 9.88. The largest absolute Gasteiger partial charge is 0.420 e. The van der Waals surface area contributed by atoms with Crippen molar-refractivity contribution >= 4 is 21.4 Å². The fourth-order valence-corrected chi connectivity index (χ4v) is 3.20. The lowest BCUT2D eigenvalue weighted by Gasteiger charge is -1.97. The molecule has 1 fully saturated rings. The first-order valence-corrected chi connectivity index (χ1v) is 7.75. The maximum Gasteiger partial charge on any atom is 0.257 e. The van der Waals surface area contributed by atoms with Crippen LogP contribution in [0.5, 0.6) is 0 Å². The number of thiophene rings is 1. The summed E-state index contributed by atoms with van der Waals surface area (Å²) in [6, 6.07) is 11.1. The Labute approximate surface area is 120 Å². The summed E-state index contributed by atoms with van der Waals surface area (Å²) >= 11 is 1.69. The number of aromatic nitrogens is 2. The zero-order valence-electron chi connectivity index (χ0n) is 11.0. The van der Waals surface area contributed by atoms with E-state index in [4.69, 9.17) is 4.42 Å². The maximum atomic E-state index is 5.75. The van der Waals surface area contributed by atoms with Gasteiger partial charge in [0.25, 0.3) is 5.89 Å². The lowest BCUT2D eigenvalue weighted by atomic mass is 10.2. The number of hydrogen-bond donors (Lipinski definition) is 1. The Morgan fingerprint density at radius 1 is 1.25 bits per heavy atom. The molecule has 1 aromatic carbocycles. The second-order valence-corrected chi connectivity index (χ2v) is 6.21. The van der Waals surface area contributed by atoms with E-state index in [2.05, 4.69) is 33.7 Å². The molecule has 1 N–H and O–H groups in total. The zero-order valence-corrected chi connectivity index (χ0v) is 11.8. The SMILES string of the molecule is c1ccc2sc(-c3nnc(CCNC4CC4)o3)cc2c1. The molecule has 1 aliphatic carbocycles. The molecular weight excluding hydrogens is 270 g/mol. The van der Waals surface area contributed by atoms with Gasteiger partial charge in [-0.2, -0.15) is 0 Å². The topological polar surface area (TPSA) is 51.0 Å². The molecule has 0 saturated heterocycles. The van der Waals surface area contributed by atoms with Crippen molar-refractivity contribution in [2.75, 3.05) is 6.54 Å². The Bertz CT molecular complexity index is 696. The molecule has 0 radical (unpaired) electrons. The average molecular weight is 285 g/mol. The molecule has 102 valence electrons. The quantitative estimate of drug-likeness (QED) is 0.782. The second kappa shape index (κ2) is 5.00. The van der Waals surface area contributed by atoms with E-state index in [1.54, 1.807) is 11.3 Å². The molecule has 0 spiro atoms. The molecule has 20 heavy (non-hydrogen) atoms. The molecule has 5 heteroatoms. The third-order valence-corrected chi connectivity index (χ3v) is 4.56. The van der Waals surface area contributed by atoms with Crippen LogP contribution in [0.2, 0.25) is 0 Å². The van der Waals surface area contributed by atoms with Crippen LogP contribution < -0.4 is 5.32 Å². The first kappa shape index (κ1) is 12.1. The van der Waals surface area contributed by atoms with Gasteiger partial charge in [0.1, 0.15) is 0 Å². The lowest BCUT2D eigenvalue weighted by molar-refractivity contribution is 0.495. The highest BCUT2D eigenvalue weighted by Gasteiger charge is 2.20. The van der Waals surface area contributed by atoms with E-state index < -0.39 is 0 Å². The third-order valence-electron chi connectivity index (χ3n) is 3.45. The molecule has 2 heterocycles. The van der Waals surface area contributed by atoms with E-state index in [1.807, 2.05) is 12.1 Å². The Morgan fingerprint density at radius 3 is 3.00 bits per heavy atom. The van der Waals surface area contributed by atoms with Crippen molar-refractivity contribution in [2.24, 2.45) is 0 Å². The van der Waals surface area contributed by atoms with Crippen molar-refractivity contribution in [1.82, 2.24) is 15.5 Å². The molecule has 1 aliphatic rings. The predicted octanol–water partition coefficient (Wildman–Crippen LogP) is 3.25. The Hall–Kier alpha value is -1.72. The summed E-state index contributed by atoms with van der Waals surface area (Å²) in [5, 5.41) is 13.0. The van der Waals surface area contributed by atoms with Crippen LogP contribution >= 0.6 is 11.3 Å². The molecule has 4 rings (SSSR count). The molecule has 0 aliphatic heterocycles. The minimum Gasteiger partial charge on any atom is -0.420 e. The van der Waals surface area contributed by atoms with Gasteiger partial charge >= 0.3 is 0 Å². The summed E-state index contributed by atoms with van der Waals surface area (Å²) in [7, 11) is 0. The number of rotatable bonds is 5. The van der Waals surface area contributed by atoms with E-state index in [0.717, 1.165) is 23.9 Å². The van der Waals surface area contributed by atoms with E-state index >= 15 is 0 Å². The fourth-order valence-electron chi connectivity index (χ4n) is 2.21. The van der Waals surface area contributed by atoms with Crippen molar-refractivity contribution in [3.63, 3.8) is 0 Å². The average Bonchev–Trinajstić information content (AvgIpc) is 3.01. The third kappa shape index (κ3) is 2.46. The van der Waals surface area contributed by atoms with E-state index in [-0.39, 0.29) is 0 Å². The summed E-state index contributed by atoms with van der Waals surface area (Å²) < 4.78 is 7.00. The summed E-state index contributed by atoms with van der Waals surface area (Å²) in [5.74, 6) is 1.35. The van der Waals surface area contributed by atoms with Gasteiger partial charge in [0.2, 0.25) is 5.89 Å². The Morgan fingerprint density at radius 2 is 2.15 bits per heavy atom. The number of hydrogen-bond acceptors (Lipinski definition) is 5. The molecular formula is C15H15N3OS. The monoisotopic (exact) mass is 285 g/mol. The van der Waals surface area contributed by atoms with Gasteiger partial charge in [-0.05, 0) is 30.4 Å². The standard InChI is InChI=1S/C15H15N3OS/c1-2-4-12-10(3-1)9-13(20-12)15-18-17-14(19-15)7-8-16-11-5-6-11/h1-4,9,11,16H,5-8H2. The van der Waals surface area contributed by atoms with Gasteiger partial charge in [0.15, 0.2) is 0 Å². The highest BCUT2D eigenvalue weighted by Crippen LogP contribution is 2.32. The van der Waals surface area contributed by atoms with Crippen molar-refractivity contribution in [3.05, 3.63) is 36.2 Å². The van der Waals surface area contributed by atoms with Crippen LogP contribution in [0.3, 0.4) is 0 Å². The van der Waals surface area contributed by atoms with Gasteiger partial charge < -0.3 is 9.73 Å². The van der Waals surface area contributed by atoms with Crippen LogP contribution in [0.4, 0.5) is 0 Å². The number of nitrogens with zero attached hydrogens (tertiary/aromatic N) is 2. The number of fused-ring (bicyclic) bond motifs is 1. The number of nitrogens with one attached hydrogen (secondary N) is 1. The molecule has 2 aromatic heterocycles. The molecule has 0 amide bonds. The fraction of sp³-hybridized carbons (Fsp3) is 0.333. The first-order valence-electron chi connectivity index (χ1n) is 6.93. The van der Waals surface area contributed by atoms with Gasteiger partial charge in [-0.1, -0.05) is 18.2 Å². The molecule has 1 saturated carbocycles. The van der Waals surface area contributed by atoms with Gasteiger partial charge in [-0.15, -0.1) is 21.5 Å². The van der Waals surface area contributed by atoms with E-state index in [1.165, 1.54) is 22.9 Å². The maximum absolute atomic E-state index is 5.75. The summed E-state index contributed by atoms with van der Waals surface area (Å²) in [6.07, 6.45) is 3.40. The van der Waals surface area contributed by atoms with Gasteiger partial charge in [-0.25, -0.2) is 0 Å². The van der Waals surface area contributed by atoms with Crippen molar-refractivity contribution in [1.29, 1.82) is 0 Å². The van der Waals surface area contributed by atoms with Crippen molar-refractivity contribution in [3.8, 4) is 10.8 Å². The zero-order chi connectivity index (χ0) is 13.4. The van der Waals surface area contributed by atoms with E-state index in [0.29, 0.717) is 11.8 Å². The Kier molecular flexibility index (Phi) is 3.01. The summed E-state index contributed by atoms with van der Waals surface area (Å²) in [6.45, 7) is 0.915. The van der Waals surface area contributed by atoms with Crippen LogP contribution in [0.25, 0.3) is 20.9 Å². The van der Waals surface area contributed by atoms with Crippen LogP contribution in [0, 0.1) is 0 Å². The minimum absolute atomic E-state index is 0.632. The lowest BCUT2D eigenvalue weighted by Crippen LogP contribution is -2.19. The summed E-state index contributed by atoms with van der Waals surface area (Å²) in [4.78, 5) is 1.04. The molecule has 3 aromatic rings. The molecule has 0 bridgehead atoms. The molecule has 4 nitrogen and oxygen atoms in total. The number of benzene rings is 1. The van der Waals surface area contributed by atoms with Crippen LogP contribution in [0.1, 0.15) is 18.7 Å².